The molecule has 2 heterocycles. The zero-order chi connectivity index (χ0) is 22.6. The van der Waals surface area contributed by atoms with E-state index in [2.05, 4.69) is 0 Å². The molecule has 4 aromatic rings. The Balaban J connectivity index is 1.82. The van der Waals surface area contributed by atoms with Crippen LogP contribution >= 0.6 is 23.2 Å². The number of hydrogen-bond acceptors (Lipinski definition) is 4. The van der Waals surface area contributed by atoms with Crippen LogP contribution in [0.5, 0.6) is 5.75 Å². The maximum atomic E-state index is 13.9. The van der Waals surface area contributed by atoms with Gasteiger partial charge in [-0.25, -0.2) is 4.39 Å². The van der Waals surface area contributed by atoms with E-state index in [1.54, 1.807) is 42.5 Å². The van der Waals surface area contributed by atoms with Gasteiger partial charge >= 0.3 is 0 Å². The zero-order valence-electron chi connectivity index (χ0n) is 16.6. The number of carbonyl (C=O) groups is 1. The molecule has 3 aromatic carbocycles. The molecule has 0 saturated heterocycles. The van der Waals surface area contributed by atoms with Crippen LogP contribution in [0.15, 0.2) is 69.9 Å². The molecule has 0 spiro atoms. The van der Waals surface area contributed by atoms with Gasteiger partial charge in [-0.15, -0.1) is 0 Å². The Labute approximate surface area is 191 Å². The fourth-order valence-corrected chi connectivity index (χ4v) is 4.28. The Morgan fingerprint density at radius 1 is 1.00 bits per heavy atom. The molecular weight excluding hydrogens is 456 g/mol. The van der Waals surface area contributed by atoms with E-state index in [0.717, 1.165) is 6.07 Å². The lowest BCUT2D eigenvalue weighted by Gasteiger charge is -2.25. The molecule has 32 heavy (non-hydrogen) atoms. The summed E-state index contributed by atoms with van der Waals surface area (Å²) in [5, 5.41) is 0.654. The number of hydrogen-bond donors (Lipinski definition) is 0. The summed E-state index contributed by atoms with van der Waals surface area (Å²) in [6.45, 7) is 0. The maximum absolute atomic E-state index is 13.9. The highest BCUT2D eigenvalue weighted by atomic mass is 35.5. The van der Waals surface area contributed by atoms with E-state index in [1.807, 2.05) is 0 Å². The van der Waals surface area contributed by atoms with Crippen LogP contribution in [-0.2, 0) is 0 Å². The summed E-state index contributed by atoms with van der Waals surface area (Å²) < 4.78 is 25.0. The first-order valence-electron chi connectivity index (χ1n) is 9.58. The van der Waals surface area contributed by atoms with E-state index in [1.165, 1.54) is 24.1 Å². The monoisotopic (exact) mass is 469 g/mol. The van der Waals surface area contributed by atoms with Gasteiger partial charge in [0.25, 0.3) is 5.91 Å². The van der Waals surface area contributed by atoms with E-state index < -0.39 is 23.2 Å². The topological polar surface area (TPSA) is 59.8 Å². The molecule has 1 aromatic heterocycles. The molecular formula is C24H14Cl2FNO4. The number of nitrogens with zero attached hydrogens (tertiary/aromatic N) is 1. The molecule has 160 valence electrons. The Kier molecular flexibility index (Phi) is 4.92. The van der Waals surface area contributed by atoms with Crippen molar-refractivity contribution in [3.05, 3.63) is 104 Å². The van der Waals surface area contributed by atoms with Gasteiger partial charge in [-0.3, -0.25) is 14.5 Å². The number of halogens is 3. The quantitative estimate of drug-likeness (QED) is 0.369. The SMILES string of the molecule is COc1cccc(N2C(=O)c3oc4ccc(F)cc4c(=O)c3C2c2ccc(Cl)c(Cl)c2)c1. The zero-order valence-corrected chi connectivity index (χ0v) is 18.1. The number of fused-ring (bicyclic) bond motifs is 2. The number of benzene rings is 3. The summed E-state index contributed by atoms with van der Waals surface area (Å²) in [4.78, 5) is 28.4. The minimum Gasteiger partial charge on any atom is -0.497 e. The van der Waals surface area contributed by atoms with E-state index in [4.69, 9.17) is 32.4 Å². The first-order chi connectivity index (χ1) is 15.4. The van der Waals surface area contributed by atoms with Gasteiger partial charge in [0.15, 0.2) is 5.43 Å². The lowest BCUT2D eigenvalue weighted by atomic mass is 9.98. The van der Waals surface area contributed by atoms with Crippen LogP contribution in [-0.4, -0.2) is 13.0 Å². The molecule has 1 atom stereocenters. The fraction of sp³-hybridized carbons (Fsp3) is 0.0833. The minimum atomic E-state index is -0.858. The van der Waals surface area contributed by atoms with Crippen molar-refractivity contribution in [2.45, 2.75) is 6.04 Å². The predicted octanol–water partition coefficient (Wildman–Crippen LogP) is 6.00. The third-order valence-electron chi connectivity index (χ3n) is 5.42. The first kappa shape index (κ1) is 20.5. The molecule has 8 heteroatoms. The molecule has 1 unspecified atom stereocenters. The normalized spacial score (nSPS) is 15.3. The third kappa shape index (κ3) is 3.15. The number of ether oxygens (including phenoxy) is 1. The van der Waals surface area contributed by atoms with Crippen LogP contribution in [0.25, 0.3) is 11.0 Å². The molecule has 5 nitrogen and oxygen atoms in total. The Hall–Kier alpha value is -3.35. The summed E-state index contributed by atoms with van der Waals surface area (Å²) in [7, 11) is 1.52. The van der Waals surface area contributed by atoms with Crippen LogP contribution in [0.4, 0.5) is 10.1 Å². The second kappa shape index (κ2) is 7.65. The second-order valence-electron chi connectivity index (χ2n) is 7.27. The molecule has 0 aliphatic carbocycles. The number of methoxy groups -OCH3 is 1. The lowest BCUT2D eigenvalue weighted by molar-refractivity contribution is 0.0971. The van der Waals surface area contributed by atoms with Crippen molar-refractivity contribution < 1.29 is 18.3 Å². The summed E-state index contributed by atoms with van der Waals surface area (Å²) in [6.07, 6.45) is 0. The van der Waals surface area contributed by atoms with Crippen molar-refractivity contribution >= 4 is 45.8 Å². The molecule has 1 aliphatic heterocycles. The number of amides is 1. The van der Waals surface area contributed by atoms with Gasteiger partial charge in [-0.2, -0.15) is 0 Å². The minimum absolute atomic E-state index is 0.0501. The molecule has 0 N–H and O–H groups in total. The summed E-state index contributed by atoms with van der Waals surface area (Å²) in [5.41, 5.74) is 0.789. The van der Waals surface area contributed by atoms with Gasteiger partial charge in [-0.05, 0) is 48.0 Å². The van der Waals surface area contributed by atoms with Crippen molar-refractivity contribution in [2.24, 2.45) is 0 Å². The fourth-order valence-electron chi connectivity index (χ4n) is 3.97. The largest absolute Gasteiger partial charge is 0.497 e. The van der Waals surface area contributed by atoms with Gasteiger partial charge in [0.1, 0.15) is 17.1 Å². The van der Waals surface area contributed by atoms with Crippen LogP contribution in [0.1, 0.15) is 27.7 Å². The first-order valence-corrected chi connectivity index (χ1v) is 10.3. The van der Waals surface area contributed by atoms with Gasteiger partial charge < -0.3 is 9.15 Å². The third-order valence-corrected chi connectivity index (χ3v) is 6.16. The smallest absolute Gasteiger partial charge is 0.295 e. The molecule has 1 aliphatic rings. The molecule has 0 fully saturated rings. The van der Waals surface area contributed by atoms with Gasteiger partial charge in [0.05, 0.1) is 34.1 Å². The average molecular weight is 470 g/mol. The van der Waals surface area contributed by atoms with Crippen LogP contribution in [0.2, 0.25) is 10.0 Å². The van der Waals surface area contributed by atoms with E-state index in [-0.39, 0.29) is 27.3 Å². The lowest BCUT2D eigenvalue weighted by Crippen LogP contribution is -2.29. The van der Waals surface area contributed by atoms with Crippen LogP contribution < -0.4 is 15.1 Å². The van der Waals surface area contributed by atoms with Crippen molar-refractivity contribution in [1.29, 1.82) is 0 Å². The molecule has 0 radical (unpaired) electrons. The van der Waals surface area contributed by atoms with Crippen LogP contribution in [0, 0.1) is 5.82 Å². The Morgan fingerprint density at radius 3 is 2.56 bits per heavy atom. The van der Waals surface area contributed by atoms with Crippen molar-refractivity contribution in [2.75, 3.05) is 12.0 Å². The molecule has 1 amide bonds. The van der Waals surface area contributed by atoms with Crippen LogP contribution in [0.3, 0.4) is 0 Å². The second-order valence-corrected chi connectivity index (χ2v) is 8.08. The standard InChI is InChI=1S/C24H14Cl2FNO4/c1-31-15-4-2-3-14(11-15)28-21(12-5-7-17(25)18(26)9-12)20-22(29)16-10-13(27)6-8-19(16)32-23(20)24(28)30/h2-11,21H,1H3. The van der Waals surface area contributed by atoms with E-state index >= 15 is 0 Å². The highest BCUT2D eigenvalue weighted by Gasteiger charge is 2.44. The maximum Gasteiger partial charge on any atom is 0.295 e. The van der Waals surface area contributed by atoms with Gasteiger partial charge in [0.2, 0.25) is 5.76 Å². The van der Waals surface area contributed by atoms with Crippen molar-refractivity contribution in [1.82, 2.24) is 0 Å². The highest BCUT2D eigenvalue weighted by molar-refractivity contribution is 6.42. The summed E-state index contributed by atoms with van der Waals surface area (Å²) in [6, 6.07) is 14.5. The number of rotatable bonds is 3. The van der Waals surface area contributed by atoms with E-state index in [9.17, 15) is 14.0 Å². The van der Waals surface area contributed by atoms with Crippen molar-refractivity contribution in [3.8, 4) is 5.75 Å². The Morgan fingerprint density at radius 2 is 1.81 bits per heavy atom. The van der Waals surface area contributed by atoms with Gasteiger partial charge in [0, 0.05) is 11.8 Å². The molecule has 5 rings (SSSR count). The number of carbonyl (C=O) groups excluding carboxylic acids is 1. The highest BCUT2D eigenvalue weighted by Crippen LogP contribution is 2.43. The summed E-state index contributed by atoms with van der Waals surface area (Å²) in [5.74, 6) is -0.656. The molecule has 0 bridgehead atoms. The van der Waals surface area contributed by atoms with Gasteiger partial charge in [-0.1, -0.05) is 35.3 Å². The molecule has 0 saturated carbocycles. The van der Waals surface area contributed by atoms with E-state index in [0.29, 0.717) is 22.0 Å². The summed E-state index contributed by atoms with van der Waals surface area (Å²) >= 11 is 12.3. The number of anilines is 1. The Bertz CT molecular complexity index is 1470. The van der Waals surface area contributed by atoms with Crippen molar-refractivity contribution in [3.63, 3.8) is 0 Å². The predicted molar refractivity (Wildman–Crippen MR) is 121 cm³/mol. The average Bonchev–Trinajstić information content (AvgIpc) is 3.09.